The first-order chi connectivity index (χ1) is 8.08. The number of ether oxygens (including phenoxy) is 1. The summed E-state index contributed by atoms with van der Waals surface area (Å²) < 4.78 is 5.11. The Kier molecular flexibility index (Phi) is 3.69. The zero-order valence-corrected chi connectivity index (χ0v) is 10.7. The van der Waals surface area contributed by atoms with Crippen LogP contribution in [-0.2, 0) is 9.53 Å². The van der Waals surface area contributed by atoms with Gasteiger partial charge in [0.1, 0.15) is 12.1 Å². The molecule has 1 saturated heterocycles. The minimum absolute atomic E-state index is 0.00144. The highest BCUT2D eigenvalue weighted by Crippen LogP contribution is 2.24. The maximum atomic E-state index is 11.5. The van der Waals surface area contributed by atoms with Crippen molar-refractivity contribution in [1.82, 2.24) is 5.32 Å². The molecule has 1 aliphatic rings. The zero-order valence-electron chi connectivity index (χ0n) is 9.94. The van der Waals surface area contributed by atoms with Crippen LogP contribution in [0.2, 0.25) is 5.02 Å². The first-order valence-electron chi connectivity index (χ1n) is 5.79. The number of nitrogens with one attached hydrogen (secondary N) is 1. The summed E-state index contributed by atoms with van der Waals surface area (Å²) in [7, 11) is 0. The van der Waals surface area contributed by atoms with E-state index in [4.69, 9.17) is 16.3 Å². The van der Waals surface area contributed by atoms with E-state index in [1.165, 1.54) is 0 Å². The molecule has 2 rings (SSSR count). The van der Waals surface area contributed by atoms with Gasteiger partial charge in [0.2, 0.25) is 0 Å². The van der Waals surface area contributed by atoms with Gasteiger partial charge in [-0.3, -0.25) is 10.1 Å². The van der Waals surface area contributed by atoms with E-state index >= 15 is 0 Å². The fraction of sp³-hybridized carbons (Fsp3) is 0.462. The van der Waals surface area contributed by atoms with E-state index in [1.54, 1.807) is 0 Å². The number of esters is 1. The van der Waals surface area contributed by atoms with Crippen molar-refractivity contribution in [2.24, 2.45) is 0 Å². The molecule has 1 aromatic carbocycles. The van der Waals surface area contributed by atoms with Crippen LogP contribution in [0.3, 0.4) is 0 Å². The summed E-state index contributed by atoms with van der Waals surface area (Å²) >= 11 is 6.11. The summed E-state index contributed by atoms with van der Waals surface area (Å²) in [6, 6.07) is 7.45. The second-order valence-corrected chi connectivity index (χ2v) is 4.85. The lowest BCUT2D eigenvalue weighted by atomic mass is 10.1. The summed E-state index contributed by atoms with van der Waals surface area (Å²) in [6.07, 6.45) is 0.714. The van der Waals surface area contributed by atoms with Crippen LogP contribution in [0.15, 0.2) is 24.3 Å². The minimum Gasteiger partial charge on any atom is -0.461 e. The lowest BCUT2D eigenvalue weighted by Gasteiger charge is -2.18. The third-order valence-corrected chi connectivity index (χ3v) is 3.34. The second-order valence-electron chi connectivity index (χ2n) is 4.45. The zero-order chi connectivity index (χ0) is 12.4. The molecular formula is C13H16ClNO2. The Hall–Kier alpha value is -1.06. The van der Waals surface area contributed by atoms with Gasteiger partial charge in [-0.05, 0) is 25.5 Å². The number of cyclic esters (lactones) is 1. The molecular weight excluding hydrogens is 238 g/mol. The van der Waals surface area contributed by atoms with E-state index in [9.17, 15) is 4.79 Å². The molecule has 0 spiro atoms. The van der Waals surface area contributed by atoms with Crippen LogP contribution in [-0.4, -0.2) is 18.1 Å². The predicted octanol–water partition coefficient (Wildman–Crippen LogP) is 2.69. The fourth-order valence-electron chi connectivity index (χ4n) is 2.11. The number of benzene rings is 1. The van der Waals surface area contributed by atoms with Crippen LogP contribution >= 0.6 is 11.6 Å². The van der Waals surface area contributed by atoms with Crippen molar-refractivity contribution >= 4 is 17.6 Å². The first-order valence-corrected chi connectivity index (χ1v) is 6.16. The van der Waals surface area contributed by atoms with E-state index in [0.717, 1.165) is 5.56 Å². The van der Waals surface area contributed by atoms with Crippen LogP contribution in [0, 0.1) is 0 Å². The van der Waals surface area contributed by atoms with Crippen LogP contribution in [0.4, 0.5) is 0 Å². The molecule has 0 amide bonds. The van der Waals surface area contributed by atoms with Gasteiger partial charge in [-0.1, -0.05) is 29.8 Å². The number of halogens is 1. The van der Waals surface area contributed by atoms with Crippen molar-refractivity contribution in [1.29, 1.82) is 0 Å². The summed E-state index contributed by atoms with van der Waals surface area (Å²) in [5.74, 6) is -0.170. The maximum absolute atomic E-state index is 11.5. The quantitative estimate of drug-likeness (QED) is 0.842. The van der Waals surface area contributed by atoms with Crippen molar-refractivity contribution in [2.45, 2.75) is 38.5 Å². The van der Waals surface area contributed by atoms with Gasteiger partial charge in [0.15, 0.2) is 0 Å². The van der Waals surface area contributed by atoms with Crippen molar-refractivity contribution in [3.05, 3.63) is 34.9 Å². The van der Waals surface area contributed by atoms with Crippen molar-refractivity contribution in [3.63, 3.8) is 0 Å². The Balaban J connectivity index is 2.05. The van der Waals surface area contributed by atoms with Crippen LogP contribution < -0.4 is 5.32 Å². The van der Waals surface area contributed by atoms with Crippen molar-refractivity contribution in [2.75, 3.05) is 0 Å². The molecule has 3 nitrogen and oxygen atoms in total. The van der Waals surface area contributed by atoms with Crippen LogP contribution in [0.1, 0.15) is 31.9 Å². The Morgan fingerprint density at radius 2 is 2.18 bits per heavy atom. The van der Waals surface area contributed by atoms with E-state index in [2.05, 4.69) is 5.32 Å². The van der Waals surface area contributed by atoms with Crippen LogP contribution in [0.5, 0.6) is 0 Å². The summed E-state index contributed by atoms with van der Waals surface area (Å²) in [4.78, 5) is 11.5. The average molecular weight is 254 g/mol. The number of hydrogen-bond acceptors (Lipinski definition) is 3. The molecule has 0 aromatic heterocycles. The first kappa shape index (κ1) is 12.4. The lowest BCUT2D eigenvalue weighted by Crippen LogP contribution is -2.35. The molecule has 3 unspecified atom stereocenters. The lowest BCUT2D eigenvalue weighted by molar-refractivity contribution is -0.142. The summed E-state index contributed by atoms with van der Waals surface area (Å²) in [5, 5.41) is 3.97. The number of rotatable bonds is 3. The van der Waals surface area contributed by atoms with Crippen molar-refractivity contribution in [3.8, 4) is 0 Å². The molecule has 0 radical (unpaired) electrons. The third-order valence-electron chi connectivity index (χ3n) is 2.99. The molecule has 17 heavy (non-hydrogen) atoms. The van der Waals surface area contributed by atoms with Gasteiger partial charge < -0.3 is 4.74 Å². The number of carbonyl (C=O) groups is 1. The van der Waals surface area contributed by atoms with E-state index in [0.29, 0.717) is 11.4 Å². The number of carbonyl (C=O) groups excluding carboxylic acids is 1. The average Bonchev–Trinajstić information content (AvgIpc) is 2.58. The van der Waals surface area contributed by atoms with E-state index in [-0.39, 0.29) is 24.2 Å². The molecule has 1 fully saturated rings. The van der Waals surface area contributed by atoms with Gasteiger partial charge in [0.25, 0.3) is 0 Å². The Bertz CT molecular complexity index is 422. The highest BCUT2D eigenvalue weighted by Gasteiger charge is 2.32. The Morgan fingerprint density at radius 1 is 1.47 bits per heavy atom. The summed E-state index contributed by atoms with van der Waals surface area (Å²) in [6.45, 7) is 3.90. The van der Waals surface area contributed by atoms with Crippen LogP contribution in [0.25, 0.3) is 0 Å². The highest BCUT2D eigenvalue weighted by atomic mass is 35.5. The highest BCUT2D eigenvalue weighted by molar-refractivity contribution is 6.31. The monoisotopic (exact) mass is 253 g/mol. The van der Waals surface area contributed by atoms with E-state index < -0.39 is 0 Å². The molecule has 1 aliphatic heterocycles. The van der Waals surface area contributed by atoms with Crippen molar-refractivity contribution < 1.29 is 9.53 Å². The number of hydrogen-bond donors (Lipinski definition) is 1. The molecule has 0 saturated carbocycles. The fourth-order valence-corrected chi connectivity index (χ4v) is 2.41. The Morgan fingerprint density at radius 3 is 2.76 bits per heavy atom. The normalized spacial score (nSPS) is 25.7. The molecule has 4 heteroatoms. The SMILES string of the molecule is CC1CC(NC(C)c2ccccc2Cl)C(=O)O1. The smallest absolute Gasteiger partial charge is 0.323 e. The Labute approximate surface area is 106 Å². The molecule has 1 N–H and O–H groups in total. The molecule has 0 bridgehead atoms. The maximum Gasteiger partial charge on any atom is 0.323 e. The van der Waals surface area contributed by atoms with Gasteiger partial charge in [-0.15, -0.1) is 0 Å². The van der Waals surface area contributed by atoms with Gasteiger partial charge in [0.05, 0.1) is 0 Å². The summed E-state index contributed by atoms with van der Waals surface area (Å²) in [5.41, 5.74) is 1.00. The van der Waals surface area contributed by atoms with E-state index in [1.807, 2.05) is 38.1 Å². The molecule has 1 aromatic rings. The topological polar surface area (TPSA) is 38.3 Å². The predicted molar refractivity (Wildman–Crippen MR) is 67.0 cm³/mol. The minimum atomic E-state index is -0.226. The standard InChI is InChI=1S/C13H16ClNO2/c1-8-7-12(13(16)17-8)15-9(2)10-5-3-4-6-11(10)14/h3-6,8-9,12,15H,7H2,1-2H3. The van der Waals surface area contributed by atoms with Gasteiger partial charge in [0, 0.05) is 17.5 Å². The molecule has 0 aliphatic carbocycles. The third kappa shape index (κ3) is 2.79. The largest absolute Gasteiger partial charge is 0.461 e. The van der Waals surface area contributed by atoms with Gasteiger partial charge in [-0.2, -0.15) is 0 Å². The van der Waals surface area contributed by atoms with Gasteiger partial charge >= 0.3 is 5.97 Å². The molecule has 1 heterocycles. The second kappa shape index (κ2) is 5.07. The van der Waals surface area contributed by atoms with Gasteiger partial charge in [-0.25, -0.2) is 0 Å². The molecule has 92 valence electrons. The molecule has 3 atom stereocenters.